The summed E-state index contributed by atoms with van der Waals surface area (Å²) in [5.41, 5.74) is 4.85. The number of hydrogen-bond acceptors (Lipinski definition) is 3. The SMILES string of the molecule is C[C@H](Sc1cc(Cl)ccc1Cl)C(=O)NC(N)=O. The molecule has 3 amide bonds. The van der Waals surface area contributed by atoms with Gasteiger partial charge in [-0.25, -0.2) is 4.79 Å². The van der Waals surface area contributed by atoms with E-state index in [-0.39, 0.29) is 0 Å². The Morgan fingerprint density at radius 2 is 2.06 bits per heavy atom. The third-order valence-electron chi connectivity index (χ3n) is 1.81. The predicted octanol–water partition coefficient (Wildman–Crippen LogP) is 2.67. The molecule has 1 aromatic rings. The molecule has 0 aromatic heterocycles. The zero-order chi connectivity index (χ0) is 13.0. The van der Waals surface area contributed by atoms with Crippen LogP contribution in [0.15, 0.2) is 23.1 Å². The van der Waals surface area contributed by atoms with Gasteiger partial charge in [0, 0.05) is 9.92 Å². The minimum Gasteiger partial charge on any atom is -0.351 e. The number of urea groups is 1. The van der Waals surface area contributed by atoms with E-state index in [1.54, 1.807) is 25.1 Å². The number of primary amides is 1. The number of amides is 3. The number of carbonyl (C=O) groups excluding carboxylic acids is 2. The van der Waals surface area contributed by atoms with E-state index in [1.807, 2.05) is 5.32 Å². The van der Waals surface area contributed by atoms with Gasteiger partial charge in [-0.2, -0.15) is 0 Å². The van der Waals surface area contributed by atoms with Crippen molar-refractivity contribution in [3.05, 3.63) is 28.2 Å². The summed E-state index contributed by atoms with van der Waals surface area (Å²) in [5.74, 6) is -0.474. The number of thioether (sulfide) groups is 1. The average Bonchev–Trinajstić information content (AvgIpc) is 2.22. The van der Waals surface area contributed by atoms with Crippen molar-refractivity contribution in [3.8, 4) is 0 Å². The number of carbonyl (C=O) groups is 2. The minimum absolute atomic E-state index is 0.474. The van der Waals surface area contributed by atoms with Gasteiger partial charge in [-0.1, -0.05) is 23.2 Å². The second-order valence-corrected chi connectivity index (χ2v) is 5.41. The number of benzene rings is 1. The van der Waals surface area contributed by atoms with Crippen LogP contribution < -0.4 is 11.1 Å². The van der Waals surface area contributed by atoms with E-state index in [0.717, 1.165) is 0 Å². The zero-order valence-corrected chi connectivity index (χ0v) is 11.2. The van der Waals surface area contributed by atoms with Crippen molar-refractivity contribution in [2.45, 2.75) is 17.1 Å². The number of hydrogen-bond donors (Lipinski definition) is 2. The summed E-state index contributed by atoms with van der Waals surface area (Å²) in [5, 5.41) is 2.52. The molecule has 1 aromatic carbocycles. The Bertz CT molecular complexity index is 454. The molecule has 0 heterocycles. The van der Waals surface area contributed by atoms with E-state index in [0.29, 0.717) is 14.9 Å². The Hall–Kier alpha value is -0.910. The van der Waals surface area contributed by atoms with Gasteiger partial charge in [-0.3, -0.25) is 10.1 Å². The summed E-state index contributed by atoms with van der Waals surface area (Å²) in [6.45, 7) is 1.64. The first kappa shape index (κ1) is 14.2. The number of imide groups is 1. The van der Waals surface area contributed by atoms with E-state index in [2.05, 4.69) is 0 Å². The van der Waals surface area contributed by atoms with Gasteiger partial charge in [-0.15, -0.1) is 11.8 Å². The van der Waals surface area contributed by atoms with E-state index in [1.165, 1.54) is 11.8 Å². The summed E-state index contributed by atoms with van der Waals surface area (Å²) >= 11 is 13.0. The standard InChI is InChI=1S/C10H10Cl2N2O2S/c1-5(9(15)14-10(13)16)17-8-4-6(11)2-3-7(8)12/h2-5H,1H3,(H3,13,14,15,16)/t5-/m0/s1. The third-order valence-corrected chi connectivity index (χ3v) is 3.65. The fourth-order valence-electron chi connectivity index (χ4n) is 1.03. The lowest BCUT2D eigenvalue weighted by atomic mass is 10.4. The molecule has 0 saturated carbocycles. The molecule has 17 heavy (non-hydrogen) atoms. The quantitative estimate of drug-likeness (QED) is 0.842. The summed E-state index contributed by atoms with van der Waals surface area (Å²) in [6, 6.07) is 4.08. The van der Waals surface area contributed by atoms with Crippen LogP contribution in [0.1, 0.15) is 6.92 Å². The van der Waals surface area contributed by atoms with E-state index < -0.39 is 17.2 Å². The van der Waals surface area contributed by atoms with Crippen LogP contribution in [0.2, 0.25) is 10.0 Å². The molecule has 92 valence electrons. The first-order valence-corrected chi connectivity index (χ1v) is 6.25. The normalized spacial score (nSPS) is 11.9. The molecule has 0 aliphatic carbocycles. The van der Waals surface area contributed by atoms with Crippen LogP contribution in [0.3, 0.4) is 0 Å². The Balaban J connectivity index is 2.73. The van der Waals surface area contributed by atoms with Crippen LogP contribution in [0, 0.1) is 0 Å². The third kappa shape index (κ3) is 4.46. The lowest BCUT2D eigenvalue weighted by Crippen LogP contribution is -2.39. The monoisotopic (exact) mass is 292 g/mol. The van der Waals surface area contributed by atoms with Gasteiger partial charge in [0.15, 0.2) is 0 Å². The fraction of sp³-hybridized carbons (Fsp3) is 0.200. The minimum atomic E-state index is -0.875. The van der Waals surface area contributed by atoms with Gasteiger partial charge in [0.1, 0.15) is 0 Å². The zero-order valence-electron chi connectivity index (χ0n) is 8.87. The molecule has 3 N–H and O–H groups in total. The Morgan fingerprint density at radius 3 is 2.65 bits per heavy atom. The van der Waals surface area contributed by atoms with Crippen molar-refractivity contribution in [1.29, 1.82) is 0 Å². The molecule has 4 nitrogen and oxygen atoms in total. The lowest BCUT2D eigenvalue weighted by Gasteiger charge is -2.11. The molecule has 0 aliphatic heterocycles. The highest BCUT2D eigenvalue weighted by atomic mass is 35.5. The highest BCUT2D eigenvalue weighted by Gasteiger charge is 2.17. The molecule has 1 atom stereocenters. The van der Waals surface area contributed by atoms with Gasteiger partial charge < -0.3 is 5.73 Å². The van der Waals surface area contributed by atoms with Crippen LogP contribution in [-0.4, -0.2) is 17.2 Å². The van der Waals surface area contributed by atoms with Crippen molar-refractivity contribution in [1.82, 2.24) is 5.32 Å². The van der Waals surface area contributed by atoms with Crippen molar-refractivity contribution in [2.24, 2.45) is 5.73 Å². The Labute approximate surface area is 113 Å². The van der Waals surface area contributed by atoms with Gasteiger partial charge in [0.25, 0.3) is 0 Å². The van der Waals surface area contributed by atoms with Crippen molar-refractivity contribution >= 4 is 46.9 Å². The second kappa shape index (κ2) is 6.14. The average molecular weight is 293 g/mol. The maximum absolute atomic E-state index is 11.4. The van der Waals surface area contributed by atoms with Gasteiger partial charge in [0.05, 0.1) is 10.3 Å². The number of nitrogens with one attached hydrogen (secondary N) is 1. The van der Waals surface area contributed by atoms with Crippen molar-refractivity contribution in [2.75, 3.05) is 0 Å². The van der Waals surface area contributed by atoms with Crippen LogP contribution in [0.25, 0.3) is 0 Å². The topological polar surface area (TPSA) is 72.2 Å². The van der Waals surface area contributed by atoms with Crippen LogP contribution in [0.4, 0.5) is 4.79 Å². The first-order valence-electron chi connectivity index (χ1n) is 4.62. The molecular formula is C10H10Cl2N2O2S. The summed E-state index contributed by atoms with van der Waals surface area (Å²) < 4.78 is 0. The summed E-state index contributed by atoms with van der Waals surface area (Å²) in [7, 11) is 0. The molecule has 0 unspecified atom stereocenters. The maximum atomic E-state index is 11.4. The molecule has 0 radical (unpaired) electrons. The van der Waals surface area contributed by atoms with Gasteiger partial charge >= 0.3 is 6.03 Å². The first-order chi connectivity index (χ1) is 7.90. The fourth-order valence-corrected chi connectivity index (χ4v) is 2.45. The van der Waals surface area contributed by atoms with Crippen LogP contribution in [0.5, 0.6) is 0 Å². The van der Waals surface area contributed by atoms with E-state index in [9.17, 15) is 9.59 Å². The smallest absolute Gasteiger partial charge is 0.318 e. The van der Waals surface area contributed by atoms with E-state index in [4.69, 9.17) is 28.9 Å². The van der Waals surface area contributed by atoms with Crippen molar-refractivity contribution < 1.29 is 9.59 Å². The highest BCUT2D eigenvalue weighted by Crippen LogP contribution is 2.32. The molecule has 7 heteroatoms. The second-order valence-electron chi connectivity index (χ2n) is 3.19. The highest BCUT2D eigenvalue weighted by molar-refractivity contribution is 8.00. The molecule has 0 fully saturated rings. The van der Waals surface area contributed by atoms with Crippen molar-refractivity contribution in [3.63, 3.8) is 0 Å². The maximum Gasteiger partial charge on any atom is 0.318 e. The largest absolute Gasteiger partial charge is 0.351 e. The molecule has 0 bridgehead atoms. The lowest BCUT2D eigenvalue weighted by molar-refractivity contribution is -0.119. The number of halogens is 2. The van der Waals surface area contributed by atoms with Gasteiger partial charge in [0.2, 0.25) is 5.91 Å². The molecule has 0 saturated heterocycles. The Kier molecular flexibility index (Phi) is 5.11. The Morgan fingerprint density at radius 1 is 1.41 bits per heavy atom. The van der Waals surface area contributed by atoms with Crippen LogP contribution >= 0.6 is 35.0 Å². The van der Waals surface area contributed by atoms with Crippen LogP contribution in [-0.2, 0) is 4.79 Å². The molecule has 1 rings (SSSR count). The molecule has 0 spiro atoms. The summed E-state index contributed by atoms with van der Waals surface area (Å²) in [6.07, 6.45) is 0. The predicted molar refractivity (Wildman–Crippen MR) is 69.5 cm³/mol. The molecular weight excluding hydrogens is 283 g/mol. The van der Waals surface area contributed by atoms with Gasteiger partial charge in [-0.05, 0) is 25.1 Å². The number of rotatable bonds is 3. The van der Waals surface area contributed by atoms with E-state index >= 15 is 0 Å². The molecule has 0 aliphatic rings. The number of nitrogens with two attached hydrogens (primary N) is 1. The summed E-state index contributed by atoms with van der Waals surface area (Å²) in [4.78, 5) is 22.6.